The molecule has 2 heterocycles. The van der Waals surface area contributed by atoms with Crippen molar-refractivity contribution in [2.24, 2.45) is 0 Å². The number of nitrogens with one attached hydrogen (secondary N) is 2. The van der Waals surface area contributed by atoms with Crippen LogP contribution in [-0.2, 0) is 9.59 Å². The second-order valence-corrected chi connectivity index (χ2v) is 10.5. The number of ether oxygens (including phenoxy) is 1. The van der Waals surface area contributed by atoms with Crippen molar-refractivity contribution in [3.63, 3.8) is 0 Å². The molecule has 1 aliphatic heterocycles. The molecule has 1 fully saturated rings. The van der Waals surface area contributed by atoms with Gasteiger partial charge in [-0.05, 0) is 72.0 Å². The Balaban J connectivity index is 0.00000167. The first-order chi connectivity index (χ1) is 23.3. The molecular formula is C35H31FN6O6. The molecule has 0 atom stereocenters. The summed E-state index contributed by atoms with van der Waals surface area (Å²) in [6.07, 6.45) is 5.94. The standard InChI is InChI=1S/C34H29FN6O4.CH2O2/c1-45-31-9-8-22(17-30(31)42)28-20-38-34(27(19-37)33(28)23-6-7-24(18-36)29(35)16-23)41-13-11-25(12-14-41)39-26-4-2-3-21(15-26)5-10-32(43)40-44;2-1-3/h2-10,15-17,20,25,39,42,44H,11-14H2,1H3,(H,40,43);1H,(H,2,3)/b10-5+;. The molecule has 0 radical (unpaired) electrons. The first kappa shape index (κ1) is 34.4. The number of hydroxylamine groups is 1. The predicted octanol–water partition coefficient (Wildman–Crippen LogP) is 5.31. The number of carbonyl (C=O) groups excluding carboxylic acids is 1. The van der Waals surface area contributed by atoms with E-state index in [4.69, 9.17) is 24.8 Å². The fourth-order valence-corrected chi connectivity index (χ4v) is 5.40. The van der Waals surface area contributed by atoms with Crippen LogP contribution in [0.15, 0.2) is 72.9 Å². The van der Waals surface area contributed by atoms with Gasteiger partial charge < -0.3 is 25.2 Å². The maximum absolute atomic E-state index is 14.8. The van der Waals surface area contributed by atoms with Crippen LogP contribution in [0.1, 0.15) is 29.5 Å². The lowest BCUT2D eigenvalue weighted by Crippen LogP contribution is -2.40. The summed E-state index contributed by atoms with van der Waals surface area (Å²) in [4.78, 5) is 26.4. The van der Waals surface area contributed by atoms with Gasteiger partial charge in [-0.15, -0.1) is 0 Å². The molecule has 4 aromatic rings. The summed E-state index contributed by atoms with van der Waals surface area (Å²) in [5.74, 6) is -0.672. The molecule has 0 aliphatic carbocycles. The Kier molecular flexibility index (Phi) is 11.6. The van der Waals surface area contributed by atoms with Gasteiger partial charge in [-0.2, -0.15) is 10.5 Å². The minimum atomic E-state index is -0.705. The van der Waals surface area contributed by atoms with E-state index in [1.807, 2.05) is 35.2 Å². The SMILES string of the molecule is COc1ccc(-c2cnc(N3CCC(Nc4cccc(/C=C/C(=O)NO)c4)CC3)c(C#N)c2-c2ccc(C#N)c(F)c2)cc1O.O=CO. The maximum atomic E-state index is 14.8. The molecule has 5 N–H and O–H groups in total. The second-order valence-electron chi connectivity index (χ2n) is 10.5. The van der Waals surface area contributed by atoms with Gasteiger partial charge in [0.15, 0.2) is 11.5 Å². The molecule has 12 nitrogen and oxygen atoms in total. The highest BCUT2D eigenvalue weighted by Gasteiger charge is 2.26. The molecule has 13 heteroatoms. The molecule has 5 rings (SSSR count). The van der Waals surface area contributed by atoms with E-state index in [-0.39, 0.29) is 35.1 Å². The lowest BCUT2D eigenvalue weighted by molar-refractivity contribution is -0.124. The quantitative estimate of drug-likeness (QED) is 0.0718. The van der Waals surface area contributed by atoms with E-state index in [9.17, 15) is 24.8 Å². The van der Waals surface area contributed by atoms with Crippen LogP contribution >= 0.6 is 0 Å². The molecule has 1 aliphatic rings. The van der Waals surface area contributed by atoms with Crippen molar-refractivity contribution in [3.8, 4) is 45.9 Å². The highest BCUT2D eigenvalue weighted by Crippen LogP contribution is 2.41. The van der Waals surface area contributed by atoms with Crippen molar-refractivity contribution in [2.75, 3.05) is 30.4 Å². The Morgan fingerprint density at radius 1 is 1.08 bits per heavy atom. The van der Waals surface area contributed by atoms with Crippen molar-refractivity contribution < 1.29 is 34.1 Å². The average Bonchev–Trinajstić information content (AvgIpc) is 3.10. The van der Waals surface area contributed by atoms with Gasteiger partial charge >= 0.3 is 0 Å². The molecule has 3 aromatic carbocycles. The number of benzene rings is 3. The van der Waals surface area contributed by atoms with Crippen LogP contribution in [0.4, 0.5) is 15.9 Å². The number of nitrogens with zero attached hydrogens (tertiary/aromatic N) is 4. The third kappa shape index (κ3) is 8.04. The van der Waals surface area contributed by atoms with E-state index in [0.717, 1.165) is 24.1 Å². The molecule has 0 unspecified atom stereocenters. The number of hydrogen-bond acceptors (Lipinski definition) is 10. The van der Waals surface area contributed by atoms with Crippen molar-refractivity contribution in [3.05, 3.63) is 95.4 Å². The van der Waals surface area contributed by atoms with E-state index >= 15 is 0 Å². The van der Waals surface area contributed by atoms with Crippen molar-refractivity contribution in [2.45, 2.75) is 18.9 Å². The van der Waals surface area contributed by atoms with Gasteiger partial charge in [0.25, 0.3) is 12.4 Å². The van der Waals surface area contributed by atoms with Crippen molar-refractivity contribution in [1.29, 1.82) is 10.5 Å². The number of pyridine rings is 1. The summed E-state index contributed by atoms with van der Waals surface area (Å²) >= 11 is 0. The monoisotopic (exact) mass is 650 g/mol. The van der Waals surface area contributed by atoms with Crippen LogP contribution in [0, 0.1) is 28.5 Å². The summed E-state index contributed by atoms with van der Waals surface area (Å²) in [6, 6.07) is 20.9. The van der Waals surface area contributed by atoms with Gasteiger partial charge in [0.2, 0.25) is 0 Å². The minimum absolute atomic E-state index is 0.0960. The summed E-state index contributed by atoms with van der Waals surface area (Å²) in [5, 5.41) is 49.3. The Labute approximate surface area is 275 Å². The number of phenolic OH excluding ortho intramolecular Hbond substituents is 1. The lowest BCUT2D eigenvalue weighted by Gasteiger charge is -2.34. The summed E-state index contributed by atoms with van der Waals surface area (Å²) < 4.78 is 20.0. The van der Waals surface area contributed by atoms with E-state index in [1.54, 1.807) is 36.0 Å². The third-order valence-electron chi connectivity index (χ3n) is 7.63. The number of hydrogen-bond donors (Lipinski definition) is 5. The number of nitriles is 2. The van der Waals surface area contributed by atoms with Crippen LogP contribution in [-0.4, -0.2) is 59.0 Å². The van der Waals surface area contributed by atoms with Crippen molar-refractivity contribution >= 4 is 30.0 Å². The highest BCUT2D eigenvalue weighted by molar-refractivity contribution is 5.91. The van der Waals surface area contributed by atoms with Crippen LogP contribution in [0.2, 0.25) is 0 Å². The Hall–Kier alpha value is -6.44. The zero-order chi connectivity index (χ0) is 34.6. The smallest absolute Gasteiger partial charge is 0.290 e. The van der Waals surface area contributed by atoms with E-state index in [0.29, 0.717) is 41.2 Å². The van der Waals surface area contributed by atoms with Crippen LogP contribution in [0.3, 0.4) is 0 Å². The van der Waals surface area contributed by atoms with Crippen LogP contribution in [0.25, 0.3) is 28.3 Å². The minimum Gasteiger partial charge on any atom is -0.504 e. The van der Waals surface area contributed by atoms with Gasteiger partial charge in [0.1, 0.15) is 29.3 Å². The molecule has 1 aromatic heterocycles. The Bertz CT molecular complexity index is 1910. The normalized spacial score (nSPS) is 12.6. The van der Waals surface area contributed by atoms with Gasteiger partial charge in [-0.25, -0.2) is 14.9 Å². The first-order valence-corrected chi connectivity index (χ1v) is 14.6. The van der Waals surface area contributed by atoms with E-state index < -0.39 is 11.7 Å². The number of phenols is 1. The van der Waals surface area contributed by atoms with Gasteiger partial charge in [-0.3, -0.25) is 14.8 Å². The van der Waals surface area contributed by atoms with E-state index in [1.165, 1.54) is 31.4 Å². The molecular weight excluding hydrogens is 619 g/mol. The molecule has 0 bridgehead atoms. The zero-order valence-corrected chi connectivity index (χ0v) is 25.7. The first-order valence-electron chi connectivity index (χ1n) is 14.6. The number of aromatic nitrogens is 1. The summed E-state index contributed by atoms with van der Waals surface area (Å²) in [5.41, 5.74) is 5.30. The topological polar surface area (TPSA) is 192 Å². The number of anilines is 2. The number of halogens is 1. The Morgan fingerprint density at radius 3 is 2.44 bits per heavy atom. The summed E-state index contributed by atoms with van der Waals surface area (Å²) in [7, 11) is 1.44. The number of rotatable bonds is 8. The number of methoxy groups -OCH3 is 1. The van der Waals surface area contributed by atoms with Gasteiger partial charge in [0, 0.05) is 48.2 Å². The molecule has 244 valence electrons. The molecule has 1 saturated heterocycles. The number of amides is 1. The molecule has 0 spiro atoms. The van der Waals surface area contributed by atoms with Crippen LogP contribution < -0.4 is 20.4 Å². The molecule has 48 heavy (non-hydrogen) atoms. The van der Waals surface area contributed by atoms with Gasteiger partial charge in [0.05, 0.1) is 12.7 Å². The highest BCUT2D eigenvalue weighted by atomic mass is 19.1. The predicted molar refractivity (Wildman–Crippen MR) is 176 cm³/mol. The number of carboxylic acid groups (broad SMARTS) is 1. The maximum Gasteiger partial charge on any atom is 0.290 e. The average molecular weight is 651 g/mol. The lowest BCUT2D eigenvalue weighted by atomic mass is 9.91. The fourth-order valence-electron chi connectivity index (χ4n) is 5.40. The zero-order valence-electron chi connectivity index (χ0n) is 25.7. The van der Waals surface area contributed by atoms with Crippen LogP contribution in [0.5, 0.6) is 11.5 Å². The second kappa shape index (κ2) is 16.2. The summed E-state index contributed by atoms with van der Waals surface area (Å²) in [6.45, 7) is 0.943. The number of piperidine rings is 1. The molecule has 1 amide bonds. The third-order valence-corrected chi connectivity index (χ3v) is 7.63. The largest absolute Gasteiger partial charge is 0.504 e. The van der Waals surface area contributed by atoms with Crippen molar-refractivity contribution in [1.82, 2.24) is 10.5 Å². The van der Waals surface area contributed by atoms with Gasteiger partial charge in [-0.1, -0.05) is 24.3 Å². The number of aromatic hydroxyl groups is 1. The fraction of sp³-hybridized carbons (Fsp3) is 0.171. The van der Waals surface area contributed by atoms with E-state index in [2.05, 4.69) is 11.4 Å². The molecule has 0 saturated carbocycles. The Morgan fingerprint density at radius 2 is 1.81 bits per heavy atom. The number of carbonyl (C=O) groups is 2.